The summed E-state index contributed by atoms with van der Waals surface area (Å²) in [5, 5.41) is 3.96. The summed E-state index contributed by atoms with van der Waals surface area (Å²) in [7, 11) is 0. The van der Waals surface area contributed by atoms with Gasteiger partial charge in [0, 0.05) is 0 Å². The van der Waals surface area contributed by atoms with Gasteiger partial charge in [-0.15, -0.1) is 0 Å². The molecule has 1 aromatic heterocycles. The average molecular weight is 253 g/mol. The Morgan fingerprint density at radius 2 is 2.07 bits per heavy atom. The van der Waals surface area contributed by atoms with Gasteiger partial charge < -0.3 is 0 Å². The molecule has 1 aromatic carbocycles. The molecule has 0 aliphatic rings. The quantitative estimate of drug-likeness (QED) is 0.776. The first-order valence-corrected chi connectivity index (χ1v) is 6.05. The van der Waals surface area contributed by atoms with Crippen LogP contribution >= 0.6 is 0 Å². The molecule has 14 heavy (non-hydrogen) atoms. The number of benzene rings is 1. The van der Waals surface area contributed by atoms with Gasteiger partial charge in [0.2, 0.25) is 0 Å². The zero-order valence-electron chi connectivity index (χ0n) is 7.80. The van der Waals surface area contributed by atoms with E-state index in [0.29, 0.717) is 6.61 Å². The van der Waals surface area contributed by atoms with Crippen molar-refractivity contribution in [1.82, 2.24) is 9.19 Å². The van der Waals surface area contributed by atoms with Gasteiger partial charge in [-0.25, -0.2) is 0 Å². The Kier molecular flexibility index (Phi) is 2.96. The molecule has 4 heteroatoms. The summed E-state index contributed by atoms with van der Waals surface area (Å²) < 4.78 is 9.44. The molecule has 0 radical (unpaired) electrons. The van der Waals surface area contributed by atoms with Gasteiger partial charge in [0.15, 0.2) is 0 Å². The van der Waals surface area contributed by atoms with Gasteiger partial charge in [0.05, 0.1) is 0 Å². The molecule has 0 spiro atoms. The predicted octanol–water partition coefficient (Wildman–Crippen LogP) is 1.42. The molecule has 0 unspecified atom stereocenters. The zero-order valence-corrected chi connectivity index (χ0v) is 9.52. The Bertz CT molecular complexity index is 383. The number of nitrogens with zero attached hydrogens (tertiary/aromatic N) is 2. The van der Waals surface area contributed by atoms with Gasteiger partial charge in [-0.05, 0) is 0 Å². The van der Waals surface area contributed by atoms with Crippen molar-refractivity contribution in [3.05, 3.63) is 40.5 Å². The van der Waals surface area contributed by atoms with Gasteiger partial charge >= 0.3 is 88.4 Å². The van der Waals surface area contributed by atoms with E-state index < -0.39 is 0 Å². The van der Waals surface area contributed by atoms with Crippen molar-refractivity contribution < 1.29 is 4.74 Å². The third kappa shape index (κ3) is 2.44. The molecule has 0 bridgehead atoms. The van der Waals surface area contributed by atoms with Crippen LogP contribution in [0.2, 0.25) is 0 Å². The summed E-state index contributed by atoms with van der Waals surface area (Å²) in [4.78, 5) is 2.03. The molecule has 0 fully saturated rings. The second-order valence-corrected chi connectivity index (χ2v) is 4.28. The summed E-state index contributed by atoms with van der Waals surface area (Å²) in [5.41, 5.74) is 2.17. The van der Waals surface area contributed by atoms with E-state index in [0.717, 1.165) is 11.4 Å². The van der Waals surface area contributed by atoms with Crippen molar-refractivity contribution in [2.24, 2.45) is 0 Å². The molecule has 2 rings (SSSR count). The fourth-order valence-corrected chi connectivity index (χ4v) is 1.95. The van der Waals surface area contributed by atoms with Crippen LogP contribution in [0.1, 0.15) is 11.3 Å². The van der Waals surface area contributed by atoms with Crippen LogP contribution in [0.4, 0.5) is 0 Å². The van der Waals surface area contributed by atoms with Gasteiger partial charge in [-0.1, -0.05) is 0 Å². The zero-order chi connectivity index (χ0) is 9.80. The summed E-state index contributed by atoms with van der Waals surface area (Å²) in [5.74, 6) is 0.881. The average Bonchev–Trinajstić information content (AvgIpc) is 2.70. The van der Waals surface area contributed by atoms with Gasteiger partial charge in [0.1, 0.15) is 0 Å². The number of ether oxygens (including phenoxy) is 1. The minimum absolute atomic E-state index is 0.200. The van der Waals surface area contributed by atoms with Gasteiger partial charge in [0.25, 0.3) is 0 Å². The number of aromatic nitrogens is 2. The normalized spacial score (nSPS) is 10.1. The van der Waals surface area contributed by atoms with Crippen LogP contribution in [0.5, 0.6) is 5.75 Å². The molecule has 3 nitrogen and oxygen atoms in total. The molecule has 1 heterocycles. The molecule has 0 atom stereocenters. The maximum atomic E-state index is 5.53. The fourth-order valence-electron chi connectivity index (χ4n) is 1.04. The van der Waals surface area contributed by atoms with Crippen molar-refractivity contribution in [1.29, 1.82) is 0 Å². The summed E-state index contributed by atoms with van der Waals surface area (Å²) >= 11 is 0.200. The van der Waals surface area contributed by atoms with E-state index in [4.69, 9.17) is 4.74 Å². The van der Waals surface area contributed by atoms with Gasteiger partial charge in [-0.2, -0.15) is 0 Å². The van der Waals surface area contributed by atoms with Crippen LogP contribution in [0.3, 0.4) is 0 Å². The number of rotatable bonds is 3. The van der Waals surface area contributed by atoms with Crippen molar-refractivity contribution >= 4 is 14.7 Å². The Hall–Kier alpha value is -1.12. The topological polar surface area (TPSA) is 35.0 Å². The molecule has 0 aliphatic carbocycles. The second kappa shape index (κ2) is 4.40. The molecular formula is C10H10N2OSe. The van der Waals surface area contributed by atoms with E-state index in [9.17, 15) is 0 Å². The third-order valence-corrected chi connectivity index (χ3v) is 2.97. The molecule has 0 N–H and O–H groups in total. The Morgan fingerprint density at radius 1 is 1.29 bits per heavy atom. The predicted molar refractivity (Wildman–Crippen MR) is 54.5 cm³/mol. The molecule has 0 amide bonds. The number of aryl methyl sites for hydroxylation is 1. The van der Waals surface area contributed by atoms with Crippen molar-refractivity contribution in [2.45, 2.75) is 13.5 Å². The van der Waals surface area contributed by atoms with Crippen LogP contribution in [0.25, 0.3) is 0 Å². The van der Waals surface area contributed by atoms with Crippen LogP contribution in [0.15, 0.2) is 29.2 Å². The standard InChI is InChI=1S/C10H10N2OSe/c1-8-2-4-10(5-3-8)13-6-9-7-14-12-11-9/h2-5,7H,6H2,1H3. The second-order valence-electron chi connectivity index (χ2n) is 3.00. The van der Waals surface area contributed by atoms with Crippen LogP contribution in [-0.2, 0) is 6.61 Å². The molecule has 2 aromatic rings. The summed E-state index contributed by atoms with van der Waals surface area (Å²) in [6.45, 7) is 2.58. The van der Waals surface area contributed by atoms with Crippen LogP contribution in [-0.4, -0.2) is 23.9 Å². The Morgan fingerprint density at radius 3 is 2.71 bits per heavy atom. The first-order valence-electron chi connectivity index (χ1n) is 4.30. The van der Waals surface area contributed by atoms with Crippen molar-refractivity contribution in [3.63, 3.8) is 0 Å². The third-order valence-electron chi connectivity index (χ3n) is 1.81. The van der Waals surface area contributed by atoms with E-state index in [2.05, 4.69) is 16.1 Å². The van der Waals surface area contributed by atoms with E-state index >= 15 is 0 Å². The molecular weight excluding hydrogens is 243 g/mol. The number of hydrogen-bond acceptors (Lipinski definition) is 3. The van der Waals surface area contributed by atoms with Crippen LogP contribution in [0, 0.1) is 6.92 Å². The van der Waals surface area contributed by atoms with E-state index in [1.807, 2.05) is 29.2 Å². The van der Waals surface area contributed by atoms with Crippen molar-refractivity contribution in [2.75, 3.05) is 0 Å². The Labute approximate surface area is 88.7 Å². The first kappa shape index (κ1) is 9.44. The minimum atomic E-state index is 0.200. The van der Waals surface area contributed by atoms with E-state index in [1.165, 1.54) is 5.56 Å². The SMILES string of the molecule is Cc1ccc(OCc2c[se]nn2)cc1. The first-order chi connectivity index (χ1) is 6.84. The van der Waals surface area contributed by atoms with Crippen molar-refractivity contribution in [3.8, 4) is 5.75 Å². The van der Waals surface area contributed by atoms with E-state index in [-0.39, 0.29) is 14.7 Å². The fraction of sp³-hybridized carbons (Fsp3) is 0.200. The van der Waals surface area contributed by atoms with Crippen LogP contribution < -0.4 is 4.74 Å². The summed E-state index contributed by atoms with van der Waals surface area (Å²) in [6.07, 6.45) is 0. The Balaban J connectivity index is 1.95. The van der Waals surface area contributed by atoms with Gasteiger partial charge in [-0.3, -0.25) is 0 Å². The summed E-state index contributed by atoms with van der Waals surface area (Å²) in [6, 6.07) is 7.99. The molecule has 72 valence electrons. The van der Waals surface area contributed by atoms with E-state index in [1.54, 1.807) is 0 Å². The number of hydrogen-bond donors (Lipinski definition) is 0. The molecule has 0 saturated heterocycles. The molecule has 0 aliphatic heterocycles. The monoisotopic (exact) mass is 254 g/mol. The molecule has 0 saturated carbocycles. The maximum absolute atomic E-state index is 5.53.